The molecule has 0 aliphatic carbocycles. The number of benzene rings is 1. The number of hydrogen-bond donors (Lipinski definition) is 1. The number of hydrazone groups is 1. The number of nitrogens with zero attached hydrogens (tertiary/aromatic N) is 2. The quantitative estimate of drug-likeness (QED) is 0.851. The van der Waals surface area contributed by atoms with Crippen LogP contribution in [0.15, 0.2) is 29.4 Å². The van der Waals surface area contributed by atoms with Gasteiger partial charge in [0.2, 0.25) is 5.91 Å². The van der Waals surface area contributed by atoms with Gasteiger partial charge in [-0.05, 0) is 18.6 Å². The van der Waals surface area contributed by atoms with Crippen molar-refractivity contribution in [2.45, 2.75) is 18.9 Å². The van der Waals surface area contributed by atoms with E-state index in [1.165, 1.54) is 12.1 Å². The van der Waals surface area contributed by atoms with Crippen LogP contribution in [0, 0.1) is 5.82 Å². The lowest BCUT2D eigenvalue weighted by Crippen LogP contribution is -2.43. The van der Waals surface area contributed by atoms with Gasteiger partial charge in [-0.25, -0.2) is 4.39 Å². The summed E-state index contributed by atoms with van der Waals surface area (Å²) in [5.74, 6) is -0.0855. The predicted molar refractivity (Wildman–Crippen MR) is 65.7 cm³/mol. The summed E-state index contributed by atoms with van der Waals surface area (Å²) >= 11 is 0. The SMILES string of the molecule is O=C1CCCN1C1CNN=C1c1ccc(F)cc1. The van der Waals surface area contributed by atoms with E-state index in [9.17, 15) is 9.18 Å². The molecule has 1 amide bonds. The lowest BCUT2D eigenvalue weighted by atomic mass is 10.0. The average Bonchev–Trinajstić information content (AvgIpc) is 2.98. The van der Waals surface area contributed by atoms with E-state index in [0.29, 0.717) is 13.0 Å². The summed E-state index contributed by atoms with van der Waals surface area (Å²) in [5, 5.41) is 4.25. The molecule has 0 radical (unpaired) electrons. The molecule has 1 fully saturated rings. The van der Waals surface area contributed by atoms with Crippen LogP contribution >= 0.6 is 0 Å². The Labute approximate surface area is 104 Å². The molecular formula is C13H14FN3O. The predicted octanol–water partition coefficient (Wildman–Crippen LogP) is 1.12. The smallest absolute Gasteiger partial charge is 0.223 e. The van der Waals surface area contributed by atoms with Gasteiger partial charge in [0.1, 0.15) is 5.82 Å². The largest absolute Gasteiger partial charge is 0.332 e. The molecule has 5 heteroatoms. The normalized spacial score (nSPS) is 23.2. The number of hydrogen-bond acceptors (Lipinski definition) is 3. The third kappa shape index (κ3) is 1.85. The topological polar surface area (TPSA) is 44.7 Å². The Kier molecular flexibility index (Phi) is 2.74. The highest BCUT2D eigenvalue weighted by Gasteiger charge is 2.34. The molecule has 1 unspecified atom stereocenters. The van der Waals surface area contributed by atoms with Crippen molar-refractivity contribution in [1.82, 2.24) is 10.3 Å². The van der Waals surface area contributed by atoms with Gasteiger partial charge in [-0.2, -0.15) is 5.10 Å². The van der Waals surface area contributed by atoms with E-state index < -0.39 is 0 Å². The van der Waals surface area contributed by atoms with Crippen molar-refractivity contribution in [3.63, 3.8) is 0 Å². The van der Waals surface area contributed by atoms with Crippen LogP contribution in [-0.2, 0) is 4.79 Å². The first-order valence-corrected chi connectivity index (χ1v) is 6.11. The van der Waals surface area contributed by atoms with Gasteiger partial charge < -0.3 is 10.3 Å². The Balaban J connectivity index is 1.87. The minimum absolute atomic E-state index is 0.0227. The number of amides is 1. The summed E-state index contributed by atoms with van der Waals surface area (Å²) in [6, 6.07) is 6.21. The summed E-state index contributed by atoms with van der Waals surface area (Å²) < 4.78 is 12.9. The van der Waals surface area contributed by atoms with E-state index in [2.05, 4.69) is 10.5 Å². The van der Waals surface area contributed by atoms with Crippen LogP contribution in [0.5, 0.6) is 0 Å². The highest BCUT2D eigenvalue weighted by molar-refractivity contribution is 6.07. The fraction of sp³-hybridized carbons (Fsp3) is 0.385. The summed E-state index contributed by atoms with van der Waals surface area (Å²) in [5.41, 5.74) is 4.62. The molecule has 18 heavy (non-hydrogen) atoms. The van der Waals surface area contributed by atoms with Gasteiger partial charge in [-0.15, -0.1) is 0 Å². The molecule has 0 spiro atoms. The van der Waals surface area contributed by atoms with Gasteiger partial charge in [-0.3, -0.25) is 4.79 Å². The average molecular weight is 247 g/mol. The van der Waals surface area contributed by atoms with Gasteiger partial charge in [0.05, 0.1) is 18.3 Å². The third-order valence-corrected chi connectivity index (χ3v) is 3.43. The third-order valence-electron chi connectivity index (χ3n) is 3.43. The maximum Gasteiger partial charge on any atom is 0.223 e. The van der Waals surface area contributed by atoms with Crippen molar-refractivity contribution in [1.29, 1.82) is 0 Å². The van der Waals surface area contributed by atoms with Gasteiger partial charge in [0.25, 0.3) is 0 Å². The minimum atomic E-state index is -0.265. The molecule has 94 valence electrons. The van der Waals surface area contributed by atoms with E-state index in [4.69, 9.17) is 0 Å². The van der Waals surface area contributed by atoms with Crippen molar-refractivity contribution in [3.8, 4) is 0 Å². The molecule has 0 saturated carbocycles. The summed E-state index contributed by atoms with van der Waals surface area (Å²) in [6.45, 7) is 1.42. The second kappa shape index (κ2) is 4.40. The zero-order chi connectivity index (χ0) is 12.5. The molecule has 1 atom stereocenters. The first-order chi connectivity index (χ1) is 8.75. The highest BCUT2D eigenvalue weighted by Crippen LogP contribution is 2.20. The standard InChI is InChI=1S/C13H14FN3O/c14-10-5-3-9(4-6-10)13-11(8-15-16-13)17-7-1-2-12(17)18/h3-6,11,15H,1-2,7-8H2. The minimum Gasteiger partial charge on any atom is -0.332 e. The van der Waals surface area contributed by atoms with Crippen molar-refractivity contribution in [3.05, 3.63) is 35.6 Å². The molecule has 1 saturated heterocycles. The van der Waals surface area contributed by atoms with Crippen LogP contribution in [0.2, 0.25) is 0 Å². The van der Waals surface area contributed by atoms with Crippen molar-refractivity contribution in [2.24, 2.45) is 5.10 Å². The van der Waals surface area contributed by atoms with Crippen molar-refractivity contribution in [2.75, 3.05) is 13.1 Å². The molecule has 3 rings (SSSR count). The van der Waals surface area contributed by atoms with E-state index >= 15 is 0 Å². The molecule has 1 aromatic carbocycles. The Hall–Kier alpha value is -1.91. The molecule has 2 aliphatic heterocycles. The second-order valence-electron chi connectivity index (χ2n) is 4.57. The molecule has 1 N–H and O–H groups in total. The Morgan fingerprint density at radius 3 is 2.78 bits per heavy atom. The number of halogens is 1. The number of carbonyl (C=O) groups excluding carboxylic acids is 1. The lowest BCUT2D eigenvalue weighted by molar-refractivity contribution is -0.128. The van der Waals surface area contributed by atoms with Crippen LogP contribution in [-0.4, -0.2) is 35.7 Å². The second-order valence-corrected chi connectivity index (χ2v) is 4.57. The Morgan fingerprint density at radius 2 is 2.11 bits per heavy atom. The molecule has 1 aromatic rings. The maximum atomic E-state index is 12.9. The molecule has 2 heterocycles. The van der Waals surface area contributed by atoms with Gasteiger partial charge in [0, 0.05) is 18.5 Å². The zero-order valence-corrected chi connectivity index (χ0v) is 9.90. The van der Waals surface area contributed by atoms with E-state index in [-0.39, 0.29) is 17.8 Å². The molecule has 4 nitrogen and oxygen atoms in total. The monoisotopic (exact) mass is 247 g/mol. The van der Waals surface area contributed by atoms with E-state index in [0.717, 1.165) is 24.2 Å². The lowest BCUT2D eigenvalue weighted by Gasteiger charge is -2.24. The molecule has 2 aliphatic rings. The highest BCUT2D eigenvalue weighted by atomic mass is 19.1. The van der Waals surface area contributed by atoms with Crippen molar-refractivity contribution >= 4 is 11.6 Å². The van der Waals surface area contributed by atoms with E-state index in [1.54, 1.807) is 12.1 Å². The van der Waals surface area contributed by atoms with Gasteiger partial charge >= 0.3 is 0 Å². The number of likely N-dealkylation sites (tertiary alicyclic amines) is 1. The maximum absolute atomic E-state index is 12.9. The number of carbonyl (C=O) groups is 1. The van der Waals surface area contributed by atoms with Crippen LogP contribution < -0.4 is 5.43 Å². The molecule has 0 aromatic heterocycles. The molecular weight excluding hydrogens is 233 g/mol. The van der Waals surface area contributed by atoms with Crippen LogP contribution in [0.3, 0.4) is 0 Å². The van der Waals surface area contributed by atoms with Crippen LogP contribution in [0.1, 0.15) is 18.4 Å². The summed E-state index contributed by atoms with van der Waals surface area (Å²) in [7, 11) is 0. The number of rotatable bonds is 2. The molecule has 0 bridgehead atoms. The zero-order valence-electron chi connectivity index (χ0n) is 9.90. The van der Waals surface area contributed by atoms with E-state index in [1.807, 2.05) is 4.90 Å². The fourth-order valence-electron chi connectivity index (χ4n) is 2.52. The van der Waals surface area contributed by atoms with Gasteiger partial charge in [-0.1, -0.05) is 12.1 Å². The van der Waals surface area contributed by atoms with Crippen molar-refractivity contribution < 1.29 is 9.18 Å². The van der Waals surface area contributed by atoms with Gasteiger partial charge in [0.15, 0.2) is 0 Å². The van der Waals surface area contributed by atoms with Crippen LogP contribution in [0.4, 0.5) is 4.39 Å². The fourth-order valence-corrected chi connectivity index (χ4v) is 2.52. The first kappa shape index (κ1) is 11.2. The summed E-state index contributed by atoms with van der Waals surface area (Å²) in [6.07, 6.45) is 1.53. The number of nitrogens with one attached hydrogen (secondary N) is 1. The Bertz CT molecular complexity index is 497. The Morgan fingerprint density at radius 1 is 1.33 bits per heavy atom. The first-order valence-electron chi connectivity index (χ1n) is 6.11. The van der Waals surface area contributed by atoms with Crippen LogP contribution in [0.25, 0.3) is 0 Å². The summed E-state index contributed by atoms with van der Waals surface area (Å²) in [4.78, 5) is 13.6.